The van der Waals surface area contributed by atoms with Gasteiger partial charge in [-0.25, -0.2) is 4.98 Å². The van der Waals surface area contributed by atoms with Gasteiger partial charge in [-0.3, -0.25) is 0 Å². The van der Waals surface area contributed by atoms with E-state index >= 15 is 0 Å². The molecule has 1 aromatic heterocycles. The molecular weight excluding hydrogens is 289 g/mol. The van der Waals surface area contributed by atoms with Crippen LogP contribution in [-0.4, -0.2) is 11.0 Å². The van der Waals surface area contributed by atoms with Gasteiger partial charge in [0.1, 0.15) is 5.82 Å². The van der Waals surface area contributed by atoms with Gasteiger partial charge in [0, 0.05) is 12.2 Å². The lowest BCUT2D eigenvalue weighted by atomic mass is 10.1. The molecule has 0 aliphatic carbocycles. The second-order valence-electron chi connectivity index (χ2n) is 4.82. The van der Waals surface area contributed by atoms with Gasteiger partial charge in [0.2, 0.25) is 0 Å². The average Bonchev–Trinajstić information content (AvgIpc) is 2.37. The van der Waals surface area contributed by atoms with Crippen molar-refractivity contribution in [3.63, 3.8) is 0 Å². The first kappa shape index (κ1) is 17.1. The molecule has 1 N–H and O–H groups in total. The van der Waals surface area contributed by atoms with Gasteiger partial charge in [0.15, 0.2) is 0 Å². The Hall–Kier alpha value is -0.970. The van der Waals surface area contributed by atoms with Crippen LogP contribution in [0, 0.1) is 0 Å². The third-order valence-corrected chi connectivity index (χ3v) is 3.34. The van der Waals surface area contributed by atoms with Crippen LogP contribution >= 0.6 is 11.6 Å². The summed E-state index contributed by atoms with van der Waals surface area (Å²) in [5.41, 5.74) is -0.825. The van der Waals surface area contributed by atoms with Crippen LogP contribution in [0.3, 0.4) is 0 Å². The zero-order valence-electron chi connectivity index (χ0n) is 11.7. The predicted octanol–water partition coefficient (Wildman–Crippen LogP) is 5.52. The molecule has 6 heteroatoms. The van der Waals surface area contributed by atoms with E-state index in [1.807, 2.05) is 0 Å². The Morgan fingerprint density at radius 1 is 1.25 bits per heavy atom. The van der Waals surface area contributed by atoms with Crippen molar-refractivity contribution in [2.75, 3.05) is 5.32 Å². The largest absolute Gasteiger partial charge is 0.417 e. The molecule has 0 radical (unpaired) electrons. The Morgan fingerprint density at radius 2 is 1.95 bits per heavy atom. The Labute approximate surface area is 122 Å². The number of halogens is 4. The highest BCUT2D eigenvalue weighted by atomic mass is 35.5. The summed E-state index contributed by atoms with van der Waals surface area (Å²) in [5.74, 6) is 0.328. The highest BCUT2D eigenvalue weighted by Crippen LogP contribution is 2.32. The number of hydrogen-bond donors (Lipinski definition) is 1. The van der Waals surface area contributed by atoms with Gasteiger partial charge in [-0.1, -0.05) is 44.7 Å². The number of hydrogen-bond acceptors (Lipinski definition) is 2. The zero-order valence-corrected chi connectivity index (χ0v) is 12.5. The van der Waals surface area contributed by atoms with Gasteiger partial charge >= 0.3 is 6.18 Å². The molecule has 0 saturated heterocycles. The van der Waals surface area contributed by atoms with Crippen LogP contribution in [0.25, 0.3) is 0 Å². The van der Waals surface area contributed by atoms with Gasteiger partial charge < -0.3 is 5.32 Å². The third-order valence-electron chi connectivity index (χ3n) is 3.05. The number of nitrogens with one attached hydrogen (secondary N) is 1. The molecule has 0 aliphatic rings. The molecule has 1 aromatic rings. The maximum absolute atomic E-state index is 12.5. The molecule has 0 spiro atoms. The van der Waals surface area contributed by atoms with E-state index in [1.165, 1.54) is 0 Å². The van der Waals surface area contributed by atoms with Crippen LogP contribution in [0.1, 0.15) is 51.5 Å². The summed E-state index contributed by atoms with van der Waals surface area (Å²) < 4.78 is 37.6. The van der Waals surface area contributed by atoms with E-state index in [9.17, 15) is 13.2 Å². The minimum atomic E-state index is -4.42. The van der Waals surface area contributed by atoms with E-state index in [0.29, 0.717) is 5.82 Å². The molecule has 1 rings (SSSR count). The third kappa shape index (κ3) is 5.19. The normalized spacial score (nSPS) is 13.3. The average molecular weight is 309 g/mol. The lowest BCUT2D eigenvalue weighted by Gasteiger charge is -2.19. The van der Waals surface area contributed by atoms with Crippen molar-refractivity contribution < 1.29 is 13.2 Å². The molecule has 0 aromatic carbocycles. The highest BCUT2D eigenvalue weighted by Gasteiger charge is 2.31. The minimum Gasteiger partial charge on any atom is -0.366 e. The maximum Gasteiger partial charge on any atom is 0.417 e. The van der Waals surface area contributed by atoms with Gasteiger partial charge in [0.25, 0.3) is 0 Å². The lowest BCUT2D eigenvalue weighted by molar-refractivity contribution is -0.137. The summed E-state index contributed by atoms with van der Waals surface area (Å²) in [5, 5.41) is 3.16. The Kier molecular flexibility index (Phi) is 6.59. The summed E-state index contributed by atoms with van der Waals surface area (Å²) in [7, 11) is 0. The number of alkyl halides is 3. The van der Waals surface area contributed by atoms with Crippen LogP contribution < -0.4 is 5.32 Å². The second-order valence-corrected chi connectivity index (χ2v) is 5.23. The van der Waals surface area contributed by atoms with Gasteiger partial charge in [0.05, 0.1) is 10.6 Å². The van der Waals surface area contributed by atoms with Crippen molar-refractivity contribution in [1.82, 2.24) is 4.98 Å². The van der Waals surface area contributed by atoms with Gasteiger partial charge in [-0.05, 0) is 18.9 Å². The monoisotopic (exact) mass is 308 g/mol. The lowest BCUT2D eigenvalue weighted by Crippen LogP contribution is -2.20. The smallest absolute Gasteiger partial charge is 0.366 e. The molecule has 1 atom stereocenters. The summed E-state index contributed by atoms with van der Waals surface area (Å²) in [6, 6.07) is 1.11. The molecule has 0 aliphatic heterocycles. The Balaban J connectivity index is 2.80. The van der Waals surface area contributed by atoms with Gasteiger partial charge in [-0.2, -0.15) is 13.2 Å². The van der Waals surface area contributed by atoms with Crippen molar-refractivity contribution in [3.8, 4) is 0 Å². The van der Waals surface area contributed by atoms with Crippen LogP contribution in [0.5, 0.6) is 0 Å². The molecule has 1 heterocycles. The van der Waals surface area contributed by atoms with Crippen LogP contribution in [0.2, 0.25) is 5.02 Å². The van der Waals surface area contributed by atoms with Crippen LogP contribution in [0.4, 0.5) is 19.0 Å². The zero-order chi connectivity index (χ0) is 15.2. The van der Waals surface area contributed by atoms with E-state index in [4.69, 9.17) is 11.6 Å². The van der Waals surface area contributed by atoms with Crippen molar-refractivity contribution >= 4 is 17.4 Å². The first-order valence-corrected chi connectivity index (χ1v) is 7.25. The van der Waals surface area contributed by atoms with Crippen LogP contribution in [-0.2, 0) is 6.18 Å². The summed E-state index contributed by atoms with van der Waals surface area (Å²) in [6.07, 6.45) is 1.45. The fourth-order valence-corrected chi connectivity index (χ4v) is 2.20. The summed E-state index contributed by atoms with van der Waals surface area (Å²) in [4.78, 5) is 3.81. The second kappa shape index (κ2) is 7.72. The van der Waals surface area contributed by atoms with Crippen LogP contribution in [0.15, 0.2) is 12.3 Å². The maximum atomic E-state index is 12.5. The highest BCUT2D eigenvalue weighted by molar-refractivity contribution is 6.33. The van der Waals surface area contributed by atoms with E-state index < -0.39 is 11.7 Å². The van der Waals surface area contributed by atoms with Crippen molar-refractivity contribution in [3.05, 3.63) is 22.8 Å². The predicted molar refractivity (Wildman–Crippen MR) is 76.1 cm³/mol. The molecule has 1 unspecified atom stereocenters. The van der Waals surface area contributed by atoms with E-state index in [0.717, 1.165) is 44.4 Å². The van der Waals surface area contributed by atoms with Gasteiger partial charge in [-0.15, -0.1) is 0 Å². The van der Waals surface area contributed by atoms with Crippen molar-refractivity contribution in [2.24, 2.45) is 0 Å². The molecule has 0 fully saturated rings. The van der Waals surface area contributed by atoms with E-state index in [-0.39, 0.29) is 11.1 Å². The molecule has 0 amide bonds. The molecule has 20 heavy (non-hydrogen) atoms. The standard InChI is InChI=1S/C14H20ClF3N2/c1-3-5-7-11(6-4-2)20-13-12(15)8-10(9-19-13)14(16,17)18/h8-9,11H,3-7H2,1-2H3,(H,19,20). The van der Waals surface area contributed by atoms with Crippen molar-refractivity contribution in [1.29, 1.82) is 0 Å². The molecule has 2 nitrogen and oxygen atoms in total. The number of unbranched alkanes of at least 4 members (excludes halogenated alkanes) is 1. The number of pyridine rings is 1. The molecular formula is C14H20ClF3N2. The number of nitrogens with zero attached hydrogens (tertiary/aromatic N) is 1. The quantitative estimate of drug-likeness (QED) is 0.717. The topological polar surface area (TPSA) is 24.9 Å². The number of anilines is 1. The number of rotatable bonds is 7. The first-order valence-electron chi connectivity index (χ1n) is 6.87. The summed E-state index contributed by atoms with van der Waals surface area (Å²) in [6.45, 7) is 4.18. The SMILES string of the molecule is CCCCC(CCC)Nc1ncc(C(F)(F)F)cc1Cl. The van der Waals surface area contributed by atoms with E-state index in [2.05, 4.69) is 24.1 Å². The molecule has 114 valence electrons. The molecule has 0 bridgehead atoms. The van der Waals surface area contributed by atoms with E-state index in [1.54, 1.807) is 0 Å². The summed E-state index contributed by atoms with van der Waals surface area (Å²) >= 11 is 5.89. The Bertz CT molecular complexity index is 421. The van der Waals surface area contributed by atoms with Crippen molar-refractivity contribution in [2.45, 2.75) is 58.2 Å². The molecule has 0 saturated carbocycles. The first-order chi connectivity index (χ1) is 9.38. The minimum absolute atomic E-state index is 0.0115. The Morgan fingerprint density at radius 3 is 2.45 bits per heavy atom. The fourth-order valence-electron chi connectivity index (χ4n) is 1.98. The number of aromatic nitrogens is 1. The fraction of sp³-hybridized carbons (Fsp3) is 0.643.